The molecule has 0 fully saturated rings. The first-order valence-corrected chi connectivity index (χ1v) is 6.02. The third-order valence-corrected chi connectivity index (χ3v) is 2.48. The minimum absolute atomic E-state index is 0.398. The highest BCUT2D eigenvalue weighted by Gasteiger charge is 2.03. The highest BCUT2D eigenvalue weighted by atomic mass is 32.1. The van der Waals surface area contributed by atoms with Crippen molar-refractivity contribution < 1.29 is 0 Å². The summed E-state index contributed by atoms with van der Waals surface area (Å²) in [4.78, 5) is 4.19. The van der Waals surface area contributed by atoms with Crippen LogP contribution in [0.15, 0.2) is 18.3 Å². The minimum Gasteiger partial charge on any atom is -0.360 e. The minimum atomic E-state index is 0.398. The largest absolute Gasteiger partial charge is 0.360 e. The van der Waals surface area contributed by atoms with E-state index >= 15 is 0 Å². The van der Waals surface area contributed by atoms with Gasteiger partial charge in [-0.25, -0.2) is 4.98 Å². The SMILES string of the molecule is CCC[C@@H](C)NC(=S)Nc1cc(C)ccn1. The lowest BCUT2D eigenvalue weighted by molar-refractivity contribution is 0.599. The Bertz CT molecular complexity index is 352. The van der Waals surface area contributed by atoms with Crippen LogP contribution < -0.4 is 10.6 Å². The standard InChI is InChI=1S/C12H19N3S/c1-4-5-10(3)14-12(16)15-11-8-9(2)6-7-13-11/h6-8,10H,4-5H2,1-3H3,(H2,13,14,15,16)/t10-/m1/s1. The molecule has 1 aromatic heterocycles. The summed E-state index contributed by atoms with van der Waals surface area (Å²) < 4.78 is 0. The van der Waals surface area contributed by atoms with Crippen molar-refractivity contribution in [2.24, 2.45) is 0 Å². The summed E-state index contributed by atoms with van der Waals surface area (Å²) in [5, 5.41) is 6.95. The van der Waals surface area contributed by atoms with Crippen molar-refractivity contribution in [3.05, 3.63) is 23.9 Å². The molecule has 0 aliphatic rings. The number of aryl methyl sites for hydroxylation is 1. The summed E-state index contributed by atoms with van der Waals surface area (Å²) in [5.41, 5.74) is 1.17. The Balaban J connectivity index is 2.45. The lowest BCUT2D eigenvalue weighted by atomic mass is 10.2. The van der Waals surface area contributed by atoms with Gasteiger partial charge in [-0.3, -0.25) is 0 Å². The van der Waals surface area contributed by atoms with Crippen molar-refractivity contribution in [3.63, 3.8) is 0 Å². The highest BCUT2D eigenvalue weighted by molar-refractivity contribution is 7.80. The molecule has 1 atom stereocenters. The van der Waals surface area contributed by atoms with Gasteiger partial charge in [-0.15, -0.1) is 0 Å². The number of hydrogen-bond acceptors (Lipinski definition) is 2. The first kappa shape index (κ1) is 12.9. The zero-order valence-corrected chi connectivity index (χ0v) is 10.9. The van der Waals surface area contributed by atoms with Crippen molar-refractivity contribution in [1.82, 2.24) is 10.3 Å². The fraction of sp³-hybridized carbons (Fsp3) is 0.500. The Kier molecular flexibility index (Phi) is 5.19. The van der Waals surface area contributed by atoms with Gasteiger partial charge < -0.3 is 10.6 Å². The van der Waals surface area contributed by atoms with Gasteiger partial charge in [0.1, 0.15) is 5.82 Å². The third-order valence-electron chi connectivity index (χ3n) is 2.26. The van der Waals surface area contributed by atoms with Crippen molar-refractivity contribution >= 4 is 23.1 Å². The first-order valence-electron chi connectivity index (χ1n) is 5.62. The van der Waals surface area contributed by atoms with Crippen molar-refractivity contribution in [1.29, 1.82) is 0 Å². The Morgan fingerprint density at radius 1 is 1.56 bits per heavy atom. The van der Waals surface area contributed by atoms with Crippen LogP contribution in [0.2, 0.25) is 0 Å². The Morgan fingerprint density at radius 3 is 2.94 bits per heavy atom. The summed E-state index contributed by atoms with van der Waals surface area (Å²) in [6.07, 6.45) is 4.04. The molecule has 0 aliphatic heterocycles. The van der Waals surface area contributed by atoms with Crippen molar-refractivity contribution in [2.75, 3.05) is 5.32 Å². The zero-order chi connectivity index (χ0) is 12.0. The number of aromatic nitrogens is 1. The van der Waals surface area contributed by atoms with Crippen LogP contribution in [-0.2, 0) is 0 Å². The first-order chi connectivity index (χ1) is 7.61. The lowest BCUT2D eigenvalue weighted by Crippen LogP contribution is -2.35. The van der Waals surface area contributed by atoms with Gasteiger partial charge in [0.15, 0.2) is 5.11 Å². The van der Waals surface area contributed by atoms with Gasteiger partial charge in [0.2, 0.25) is 0 Å². The summed E-state index contributed by atoms with van der Waals surface area (Å²) in [6, 6.07) is 4.33. The molecule has 2 N–H and O–H groups in total. The van der Waals surface area contributed by atoms with E-state index in [9.17, 15) is 0 Å². The van der Waals surface area contributed by atoms with E-state index < -0.39 is 0 Å². The van der Waals surface area contributed by atoms with Crippen LogP contribution in [0.1, 0.15) is 32.3 Å². The van der Waals surface area contributed by atoms with E-state index in [0.29, 0.717) is 11.2 Å². The monoisotopic (exact) mass is 237 g/mol. The van der Waals surface area contributed by atoms with Crippen LogP contribution in [0.5, 0.6) is 0 Å². The molecule has 0 radical (unpaired) electrons. The van der Waals surface area contributed by atoms with Crippen molar-refractivity contribution in [2.45, 2.75) is 39.7 Å². The number of hydrogen-bond donors (Lipinski definition) is 2. The average molecular weight is 237 g/mol. The molecule has 0 amide bonds. The van der Waals surface area contributed by atoms with Crippen LogP contribution in [0.25, 0.3) is 0 Å². The third kappa shape index (κ3) is 4.57. The zero-order valence-electron chi connectivity index (χ0n) is 10.1. The molecule has 0 aliphatic carbocycles. The van der Waals surface area contributed by atoms with Crippen LogP contribution in [0.3, 0.4) is 0 Å². The lowest BCUT2D eigenvalue weighted by Gasteiger charge is -2.15. The molecule has 16 heavy (non-hydrogen) atoms. The second kappa shape index (κ2) is 6.43. The van der Waals surface area contributed by atoms with Gasteiger partial charge in [-0.05, 0) is 50.2 Å². The molecule has 0 spiro atoms. The molecule has 0 saturated heterocycles. The predicted octanol–water partition coefficient (Wildman–Crippen LogP) is 2.87. The van der Waals surface area contributed by atoms with E-state index in [-0.39, 0.29) is 0 Å². The van der Waals surface area contributed by atoms with Crippen molar-refractivity contribution in [3.8, 4) is 0 Å². The number of rotatable bonds is 4. The molecule has 1 aromatic rings. The number of nitrogens with zero attached hydrogens (tertiary/aromatic N) is 1. The van der Waals surface area contributed by atoms with E-state index in [1.807, 2.05) is 19.1 Å². The van der Waals surface area contributed by atoms with E-state index in [2.05, 4.69) is 29.5 Å². The van der Waals surface area contributed by atoms with E-state index in [4.69, 9.17) is 12.2 Å². The molecule has 3 nitrogen and oxygen atoms in total. The Morgan fingerprint density at radius 2 is 2.31 bits per heavy atom. The second-order valence-electron chi connectivity index (χ2n) is 4.01. The molecular formula is C12H19N3S. The Labute approximate surface area is 103 Å². The predicted molar refractivity (Wildman–Crippen MR) is 72.7 cm³/mol. The number of pyridine rings is 1. The molecular weight excluding hydrogens is 218 g/mol. The molecule has 4 heteroatoms. The fourth-order valence-corrected chi connectivity index (χ4v) is 1.79. The topological polar surface area (TPSA) is 37.0 Å². The van der Waals surface area contributed by atoms with Crippen LogP contribution in [-0.4, -0.2) is 16.1 Å². The molecule has 0 aromatic carbocycles. The number of anilines is 1. The van der Waals surface area contributed by atoms with Gasteiger partial charge >= 0.3 is 0 Å². The van der Waals surface area contributed by atoms with Gasteiger partial charge in [0, 0.05) is 12.2 Å². The smallest absolute Gasteiger partial charge is 0.172 e. The van der Waals surface area contributed by atoms with Crippen LogP contribution >= 0.6 is 12.2 Å². The maximum atomic E-state index is 5.21. The molecule has 88 valence electrons. The van der Waals surface area contributed by atoms with Crippen LogP contribution in [0, 0.1) is 6.92 Å². The number of nitrogens with one attached hydrogen (secondary N) is 2. The fourth-order valence-electron chi connectivity index (χ4n) is 1.49. The van der Waals surface area contributed by atoms with Gasteiger partial charge in [-0.2, -0.15) is 0 Å². The van der Waals surface area contributed by atoms with E-state index in [0.717, 1.165) is 18.7 Å². The van der Waals surface area contributed by atoms with Gasteiger partial charge in [0.25, 0.3) is 0 Å². The summed E-state index contributed by atoms with van der Waals surface area (Å²) in [6.45, 7) is 6.32. The normalized spacial score (nSPS) is 11.9. The van der Waals surface area contributed by atoms with Crippen LogP contribution in [0.4, 0.5) is 5.82 Å². The molecule has 1 rings (SSSR count). The summed E-state index contributed by atoms with van der Waals surface area (Å²) >= 11 is 5.21. The molecule has 0 unspecified atom stereocenters. The molecule has 0 bridgehead atoms. The summed E-state index contributed by atoms with van der Waals surface area (Å²) in [7, 11) is 0. The van der Waals surface area contributed by atoms with Gasteiger partial charge in [0.05, 0.1) is 0 Å². The quantitative estimate of drug-likeness (QED) is 0.790. The second-order valence-corrected chi connectivity index (χ2v) is 4.41. The maximum absolute atomic E-state index is 5.21. The molecule has 1 heterocycles. The van der Waals surface area contributed by atoms with Gasteiger partial charge in [-0.1, -0.05) is 13.3 Å². The average Bonchev–Trinajstić information content (AvgIpc) is 2.17. The Hall–Kier alpha value is -1.16. The number of thiocarbonyl (C=S) groups is 1. The van der Waals surface area contributed by atoms with E-state index in [1.165, 1.54) is 5.56 Å². The maximum Gasteiger partial charge on any atom is 0.172 e. The van der Waals surface area contributed by atoms with E-state index in [1.54, 1.807) is 6.20 Å². The highest BCUT2D eigenvalue weighted by Crippen LogP contribution is 2.05. The molecule has 0 saturated carbocycles. The summed E-state index contributed by atoms with van der Waals surface area (Å²) in [5.74, 6) is 0.793.